The molecule has 170 valence electrons. The Morgan fingerprint density at radius 1 is 1.24 bits per heavy atom. The Hall–Kier alpha value is -4.69. The number of thiophene rings is 1. The predicted octanol–water partition coefficient (Wildman–Crippen LogP) is 2.19. The van der Waals surface area contributed by atoms with Crippen molar-refractivity contribution in [1.82, 2.24) is 5.27 Å². The number of carbonyl (C=O) groups excluding carboxylic acids is 1. The minimum atomic E-state index is -0.932. The van der Waals surface area contributed by atoms with Crippen molar-refractivity contribution in [2.75, 3.05) is 12.4 Å². The molecule has 0 aliphatic heterocycles. The zero-order valence-electron chi connectivity index (χ0n) is 18.0. The lowest BCUT2D eigenvalue weighted by molar-refractivity contribution is -0.673. The highest BCUT2D eigenvalue weighted by Gasteiger charge is 2.26. The molecule has 0 bridgehead atoms. The first-order valence-electron chi connectivity index (χ1n) is 9.86. The summed E-state index contributed by atoms with van der Waals surface area (Å²) in [6.45, 7) is 1.60. The smallest absolute Gasteiger partial charge is 0.436 e. The van der Waals surface area contributed by atoms with Crippen molar-refractivity contribution in [1.29, 1.82) is 5.26 Å². The third-order valence-corrected chi connectivity index (χ3v) is 6.05. The molecule has 0 unspecified atom stereocenters. The van der Waals surface area contributed by atoms with Crippen LogP contribution >= 0.6 is 11.3 Å². The number of nitrogens with zero attached hydrogens (tertiary/aromatic N) is 3. The standard InChI is InChI=1S/C23H17N5O5S/c1-13-17(12-24)22(34-19(13)21(30)25-14-6-4-3-5-7-14)26-20(29)18-23(31)33-27-28(18)15-8-10-16(32-2)11-9-15/h3-11H,1-2H3,(H2-,25,26,27,29,30,31). The lowest BCUT2D eigenvalue weighted by atomic mass is 10.1. The van der Waals surface area contributed by atoms with Crippen molar-refractivity contribution in [3.05, 3.63) is 86.7 Å². The number of amides is 1. The van der Waals surface area contributed by atoms with Crippen LogP contribution in [0.1, 0.15) is 26.5 Å². The molecule has 11 heteroatoms. The molecule has 4 aromatic rings. The number of ether oxygens (including phenoxy) is 1. The van der Waals surface area contributed by atoms with E-state index in [1.54, 1.807) is 55.5 Å². The molecule has 0 fully saturated rings. The summed E-state index contributed by atoms with van der Waals surface area (Å²) >= 11 is 0.885. The number of anilines is 1. The second kappa shape index (κ2) is 9.43. The normalized spacial score (nSPS) is 11.1. The van der Waals surface area contributed by atoms with Crippen molar-refractivity contribution in [2.24, 2.45) is 4.99 Å². The van der Waals surface area contributed by atoms with E-state index in [0.29, 0.717) is 22.7 Å². The maximum atomic E-state index is 13.0. The Morgan fingerprint density at radius 2 is 1.94 bits per heavy atom. The zero-order valence-corrected chi connectivity index (χ0v) is 18.8. The van der Waals surface area contributed by atoms with Gasteiger partial charge >= 0.3 is 11.3 Å². The Bertz CT molecular complexity index is 1480. The van der Waals surface area contributed by atoms with E-state index in [4.69, 9.17) is 9.26 Å². The number of carbonyl (C=O) groups is 1. The molecule has 2 heterocycles. The summed E-state index contributed by atoms with van der Waals surface area (Å²) in [5.74, 6) is -0.783. The number of nitriles is 1. The molecule has 10 nitrogen and oxygen atoms in total. The summed E-state index contributed by atoms with van der Waals surface area (Å²) < 4.78 is 11.1. The highest BCUT2D eigenvalue weighted by atomic mass is 32.1. The number of methoxy groups -OCH3 is 1. The lowest BCUT2D eigenvalue weighted by Gasteiger charge is -2.04. The van der Waals surface area contributed by atoms with Gasteiger partial charge in [0.1, 0.15) is 16.8 Å². The highest BCUT2D eigenvalue weighted by molar-refractivity contribution is 7.18. The minimum absolute atomic E-state index is 0.0186. The van der Waals surface area contributed by atoms with E-state index in [2.05, 4.69) is 15.6 Å². The molecule has 2 aromatic carbocycles. The Morgan fingerprint density at radius 3 is 2.59 bits per heavy atom. The van der Waals surface area contributed by atoms with Crippen molar-refractivity contribution in [3.63, 3.8) is 0 Å². The summed E-state index contributed by atoms with van der Waals surface area (Å²) in [5, 5.41) is 27.7. The third kappa shape index (κ3) is 4.30. The van der Waals surface area contributed by atoms with Gasteiger partial charge in [-0.3, -0.25) is 9.32 Å². The third-order valence-electron chi connectivity index (χ3n) is 4.86. The van der Waals surface area contributed by atoms with Gasteiger partial charge in [-0.25, -0.2) is 9.79 Å². The van der Waals surface area contributed by atoms with Gasteiger partial charge in [-0.05, 0) is 46.7 Å². The summed E-state index contributed by atoms with van der Waals surface area (Å²) in [6.07, 6.45) is 0. The first-order chi connectivity index (χ1) is 16.4. The fraction of sp³-hybridized carbons (Fsp3) is 0.0870. The van der Waals surface area contributed by atoms with Crippen LogP contribution in [0.25, 0.3) is 5.69 Å². The second-order valence-corrected chi connectivity index (χ2v) is 7.95. The summed E-state index contributed by atoms with van der Waals surface area (Å²) in [7, 11) is 1.51. The molecule has 1 amide bonds. The fourth-order valence-electron chi connectivity index (χ4n) is 3.15. The molecule has 4 rings (SSSR count). The van der Waals surface area contributed by atoms with Gasteiger partial charge < -0.3 is 15.2 Å². The van der Waals surface area contributed by atoms with Crippen molar-refractivity contribution >= 4 is 33.8 Å². The molecular weight excluding hydrogens is 458 g/mol. The predicted molar refractivity (Wildman–Crippen MR) is 122 cm³/mol. The van der Waals surface area contributed by atoms with Crippen LogP contribution in [0.3, 0.4) is 0 Å². The largest absolute Gasteiger partial charge is 0.854 e. The fourth-order valence-corrected chi connectivity index (χ4v) is 4.17. The van der Waals surface area contributed by atoms with Crippen LogP contribution in [0.4, 0.5) is 10.7 Å². The number of aliphatic imine (C=N–C) groups is 1. The molecule has 0 aliphatic rings. The van der Waals surface area contributed by atoms with Gasteiger partial charge in [-0.2, -0.15) is 5.26 Å². The number of benzene rings is 2. The average molecular weight is 475 g/mol. The van der Waals surface area contributed by atoms with Crippen LogP contribution in [0.5, 0.6) is 5.75 Å². The van der Waals surface area contributed by atoms with Crippen LogP contribution < -0.4 is 25.5 Å². The molecule has 2 N–H and O–H groups in total. The summed E-state index contributed by atoms with van der Waals surface area (Å²) in [4.78, 5) is 29.2. The van der Waals surface area contributed by atoms with Crippen LogP contribution in [-0.4, -0.2) is 24.2 Å². The van der Waals surface area contributed by atoms with Gasteiger partial charge in [0.2, 0.25) is 5.69 Å². The first kappa shape index (κ1) is 22.5. The molecule has 34 heavy (non-hydrogen) atoms. The number of H-pyrrole nitrogens is 1. The van der Waals surface area contributed by atoms with Crippen LogP contribution in [0, 0.1) is 18.3 Å². The minimum Gasteiger partial charge on any atom is -0.854 e. The molecule has 0 radical (unpaired) electrons. The molecule has 0 saturated carbocycles. The summed E-state index contributed by atoms with van der Waals surface area (Å²) in [6, 6.07) is 17.3. The molecular formula is C23H17N5O5S. The zero-order chi connectivity index (χ0) is 24.2. The number of hydrogen-bond donors (Lipinski definition) is 2. The number of aromatic amines is 1. The van der Waals surface area contributed by atoms with Gasteiger partial charge in [0.25, 0.3) is 5.91 Å². The number of aromatic nitrogens is 2. The van der Waals surface area contributed by atoms with E-state index in [0.717, 1.165) is 16.0 Å². The van der Waals surface area contributed by atoms with E-state index >= 15 is 0 Å². The van der Waals surface area contributed by atoms with Crippen LogP contribution in [-0.2, 0) is 0 Å². The molecule has 2 aromatic heterocycles. The quantitative estimate of drug-likeness (QED) is 0.248. The van der Waals surface area contributed by atoms with Gasteiger partial charge in [0.15, 0.2) is 0 Å². The SMILES string of the molecule is COc1ccc(-[n+]2[nH]oc(=O)c2/C([O-])=N/c2sc(C(=O)Nc3ccccc3)c(C)c2C#N)cc1. The average Bonchev–Trinajstić information content (AvgIpc) is 3.39. The first-order valence-corrected chi connectivity index (χ1v) is 10.7. The topological polar surface area (TPSA) is 147 Å². The second-order valence-electron chi connectivity index (χ2n) is 6.95. The van der Waals surface area contributed by atoms with E-state index in [9.17, 15) is 20.0 Å². The maximum Gasteiger partial charge on any atom is 0.436 e. The number of rotatable bonds is 6. The van der Waals surface area contributed by atoms with E-state index in [1.165, 1.54) is 7.11 Å². The van der Waals surface area contributed by atoms with Gasteiger partial charge in [0, 0.05) is 17.8 Å². The van der Waals surface area contributed by atoms with Crippen LogP contribution in [0.15, 0.2) is 68.9 Å². The van der Waals surface area contributed by atoms with Crippen molar-refractivity contribution in [2.45, 2.75) is 6.92 Å². The highest BCUT2D eigenvalue weighted by Crippen LogP contribution is 2.35. The lowest BCUT2D eigenvalue weighted by Crippen LogP contribution is -2.44. The molecule has 0 atom stereocenters. The Labute approximate surface area is 196 Å². The van der Waals surface area contributed by atoms with Crippen molar-refractivity contribution < 1.29 is 23.8 Å². The van der Waals surface area contributed by atoms with E-state index in [-0.39, 0.29) is 15.4 Å². The molecule has 0 spiro atoms. The van der Waals surface area contributed by atoms with Gasteiger partial charge in [-0.15, -0.1) is 11.3 Å². The molecule has 0 saturated heterocycles. The number of nitrogens with one attached hydrogen (secondary N) is 2. The molecule has 0 aliphatic carbocycles. The maximum absolute atomic E-state index is 13.0. The number of hydrogen-bond acceptors (Lipinski definition) is 8. The van der Waals surface area contributed by atoms with Crippen molar-refractivity contribution in [3.8, 4) is 17.5 Å². The van der Waals surface area contributed by atoms with E-state index < -0.39 is 23.1 Å². The number of para-hydroxylation sites is 1. The van der Waals surface area contributed by atoms with E-state index in [1.807, 2.05) is 12.1 Å². The van der Waals surface area contributed by atoms with Gasteiger partial charge in [0.05, 0.1) is 23.4 Å². The Balaban J connectivity index is 1.72. The monoisotopic (exact) mass is 475 g/mol. The summed E-state index contributed by atoms with van der Waals surface area (Å²) in [5.41, 5.74) is 0.146. The van der Waals surface area contributed by atoms with Crippen LogP contribution in [0.2, 0.25) is 0 Å². The Kier molecular flexibility index (Phi) is 6.24. The van der Waals surface area contributed by atoms with Gasteiger partial charge in [-0.1, -0.05) is 18.2 Å².